The fraction of sp³-hybridized carbons (Fsp3) is 0.778. The van der Waals surface area contributed by atoms with Gasteiger partial charge in [-0.05, 0) is 12.3 Å². The first-order valence-corrected chi connectivity index (χ1v) is 4.19. The fourth-order valence-electron chi connectivity index (χ4n) is 1.06. The minimum atomic E-state index is -0.417. The molecule has 0 N–H and O–H groups in total. The Morgan fingerprint density at radius 3 is 2.46 bits per heavy atom. The zero-order valence-electron chi connectivity index (χ0n) is 8.28. The first kappa shape index (κ1) is 12.1. The van der Waals surface area contributed by atoms with Gasteiger partial charge in [0.15, 0.2) is 0 Å². The van der Waals surface area contributed by atoms with Gasteiger partial charge in [0.2, 0.25) is 0 Å². The summed E-state index contributed by atoms with van der Waals surface area (Å²) in [5.74, 6) is -0.157. The molecule has 0 amide bonds. The van der Waals surface area contributed by atoms with E-state index in [0.29, 0.717) is 12.8 Å². The van der Waals surface area contributed by atoms with Gasteiger partial charge < -0.3 is 14.3 Å². The lowest BCUT2D eigenvalue weighted by molar-refractivity contribution is -0.142. The molecule has 0 aliphatic heterocycles. The third-order valence-corrected chi connectivity index (χ3v) is 1.83. The van der Waals surface area contributed by atoms with Crippen molar-refractivity contribution >= 4 is 12.3 Å². The number of hydrogen-bond donors (Lipinski definition) is 0. The second-order valence-electron chi connectivity index (χ2n) is 3.03. The maximum absolute atomic E-state index is 10.8. The Morgan fingerprint density at radius 1 is 1.46 bits per heavy atom. The van der Waals surface area contributed by atoms with Gasteiger partial charge in [-0.2, -0.15) is 0 Å². The zero-order chi connectivity index (χ0) is 10.3. The maximum atomic E-state index is 10.8. The summed E-state index contributed by atoms with van der Waals surface area (Å²) in [7, 11) is 2.83. The van der Waals surface area contributed by atoms with E-state index in [0.717, 1.165) is 6.29 Å². The number of esters is 1. The van der Waals surface area contributed by atoms with Crippen LogP contribution >= 0.6 is 0 Å². The second-order valence-corrected chi connectivity index (χ2v) is 3.03. The van der Waals surface area contributed by atoms with Gasteiger partial charge >= 0.3 is 5.97 Å². The molecule has 0 saturated heterocycles. The Bertz CT molecular complexity index is 167. The Kier molecular flexibility index (Phi) is 6.14. The summed E-state index contributed by atoms with van der Waals surface area (Å²) < 4.78 is 9.37. The Morgan fingerprint density at radius 2 is 2.08 bits per heavy atom. The van der Waals surface area contributed by atoms with Crippen molar-refractivity contribution < 1.29 is 19.1 Å². The lowest BCUT2D eigenvalue weighted by Crippen LogP contribution is -2.18. The number of ether oxygens (including phenoxy) is 2. The highest BCUT2D eigenvalue weighted by Crippen LogP contribution is 2.11. The van der Waals surface area contributed by atoms with Crippen molar-refractivity contribution in [3.63, 3.8) is 0 Å². The highest BCUT2D eigenvalue weighted by Gasteiger charge is 2.14. The normalized spacial score (nSPS) is 14.7. The quantitative estimate of drug-likeness (QED) is 0.457. The monoisotopic (exact) mass is 188 g/mol. The van der Waals surface area contributed by atoms with E-state index in [9.17, 15) is 9.59 Å². The smallest absolute Gasteiger partial charge is 0.305 e. The van der Waals surface area contributed by atoms with E-state index in [1.807, 2.05) is 6.92 Å². The molecular formula is C9H16O4. The van der Waals surface area contributed by atoms with Crippen LogP contribution in [0, 0.1) is 5.92 Å². The molecule has 0 radical (unpaired) electrons. The molecule has 0 aliphatic rings. The molecule has 13 heavy (non-hydrogen) atoms. The van der Waals surface area contributed by atoms with Crippen LogP contribution in [0.2, 0.25) is 0 Å². The topological polar surface area (TPSA) is 52.6 Å². The van der Waals surface area contributed by atoms with Gasteiger partial charge in [0.05, 0.1) is 7.11 Å². The molecule has 2 atom stereocenters. The molecular weight excluding hydrogens is 172 g/mol. The summed E-state index contributed by atoms with van der Waals surface area (Å²) in [5.41, 5.74) is 0. The summed E-state index contributed by atoms with van der Waals surface area (Å²) in [6.45, 7) is 1.88. The molecule has 0 aromatic rings. The molecule has 4 nitrogen and oxygen atoms in total. The molecule has 4 heteroatoms. The summed E-state index contributed by atoms with van der Waals surface area (Å²) in [4.78, 5) is 21.2. The van der Waals surface area contributed by atoms with Gasteiger partial charge in [-0.3, -0.25) is 4.79 Å². The summed E-state index contributed by atoms with van der Waals surface area (Å²) in [6, 6.07) is 0. The van der Waals surface area contributed by atoms with E-state index in [4.69, 9.17) is 4.74 Å². The van der Waals surface area contributed by atoms with Crippen LogP contribution in [0.3, 0.4) is 0 Å². The van der Waals surface area contributed by atoms with E-state index < -0.39 is 6.10 Å². The van der Waals surface area contributed by atoms with Crippen LogP contribution in [0.15, 0.2) is 0 Å². The van der Waals surface area contributed by atoms with Crippen molar-refractivity contribution in [1.29, 1.82) is 0 Å². The third kappa shape index (κ3) is 5.36. The maximum Gasteiger partial charge on any atom is 0.305 e. The lowest BCUT2D eigenvalue weighted by Gasteiger charge is -2.13. The molecule has 76 valence electrons. The molecule has 0 spiro atoms. The Balaban J connectivity index is 3.77. The number of aldehydes is 1. The lowest BCUT2D eigenvalue weighted by atomic mass is 10.0. The van der Waals surface area contributed by atoms with E-state index in [1.165, 1.54) is 14.2 Å². The first-order valence-electron chi connectivity index (χ1n) is 4.19. The number of methoxy groups -OCH3 is 2. The van der Waals surface area contributed by atoms with E-state index in [1.54, 1.807) is 0 Å². The number of carbonyl (C=O) groups is 2. The van der Waals surface area contributed by atoms with Crippen molar-refractivity contribution in [2.45, 2.75) is 25.9 Å². The summed E-state index contributed by atoms with van der Waals surface area (Å²) in [6.07, 6.45) is 1.20. The van der Waals surface area contributed by atoms with Gasteiger partial charge in [0.1, 0.15) is 12.4 Å². The molecule has 0 saturated carbocycles. The van der Waals surface area contributed by atoms with Gasteiger partial charge in [0, 0.05) is 13.5 Å². The van der Waals surface area contributed by atoms with Crippen molar-refractivity contribution in [2.24, 2.45) is 5.92 Å². The average Bonchev–Trinajstić information content (AvgIpc) is 2.13. The molecule has 0 aliphatic carbocycles. The van der Waals surface area contributed by atoms with Gasteiger partial charge in [-0.1, -0.05) is 6.92 Å². The first-order chi connectivity index (χ1) is 6.13. The molecule has 0 unspecified atom stereocenters. The summed E-state index contributed by atoms with van der Waals surface area (Å²) in [5, 5.41) is 0. The van der Waals surface area contributed by atoms with Crippen LogP contribution in [0.1, 0.15) is 19.8 Å². The predicted molar refractivity (Wildman–Crippen MR) is 47.3 cm³/mol. The molecule has 0 bridgehead atoms. The molecule has 0 rings (SSSR count). The minimum Gasteiger partial charge on any atom is -0.469 e. The average molecular weight is 188 g/mol. The number of hydrogen-bond acceptors (Lipinski definition) is 4. The van der Waals surface area contributed by atoms with Crippen molar-refractivity contribution in [2.75, 3.05) is 14.2 Å². The van der Waals surface area contributed by atoms with Gasteiger partial charge in [-0.15, -0.1) is 0 Å². The van der Waals surface area contributed by atoms with Crippen LogP contribution in [-0.2, 0) is 19.1 Å². The largest absolute Gasteiger partial charge is 0.469 e. The summed E-state index contributed by atoms with van der Waals surface area (Å²) >= 11 is 0. The molecule has 0 heterocycles. The van der Waals surface area contributed by atoms with E-state index in [2.05, 4.69) is 4.74 Å². The Labute approximate surface area is 78.2 Å². The SMILES string of the molecule is COC(=O)C[C@@H](C)C[C@H](C=O)OC. The predicted octanol–water partition coefficient (Wildman–Crippen LogP) is 0.790. The van der Waals surface area contributed by atoms with Crippen LogP contribution in [-0.4, -0.2) is 32.6 Å². The van der Waals surface area contributed by atoms with Crippen LogP contribution in [0.25, 0.3) is 0 Å². The van der Waals surface area contributed by atoms with Crippen molar-refractivity contribution in [3.05, 3.63) is 0 Å². The zero-order valence-corrected chi connectivity index (χ0v) is 8.28. The molecule has 0 aromatic heterocycles. The Hall–Kier alpha value is -0.900. The highest BCUT2D eigenvalue weighted by molar-refractivity contribution is 5.69. The van der Waals surface area contributed by atoms with E-state index >= 15 is 0 Å². The fourth-order valence-corrected chi connectivity index (χ4v) is 1.06. The second kappa shape index (κ2) is 6.60. The van der Waals surface area contributed by atoms with Gasteiger partial charge in [-0.25, -0.2) is 0 Å². The number of carbonyl (C=O) groups excluding carboxylic acids is 2. The van der Waals surface area contributed by atoms with Crippen LogP contribution < -0.4 is 0 Å². The van der Waals surface area contributed by atoms with E-state index in [-0.39, 0.29) is 11.9 Å². The van der Waals surface area contributed by atoms with Crippen molar-refractivity contribution in [1.82, 2.24) is 0 Å². The highest BCUT2D eigenvalue weighted by atomic mass is 16.5. The standard InChI is InChI=1S/C9H16O4/c1-7(5-9(11)13-3)4-8(6-10)12-2/h6-8H,4-5H2,1-3H3/t7-,8+/m0/s1. The molecule has 0 aromatic carbocycles. The minimum absolute atomic E-state index is 0.0996. The number of rotatable bonds is 6. The van der Waals surface area contributed by atoms with Gasteiger partial charge in [0.25, 0.3) is 0 Å². The van der Waals surface area contributed by atoms with Crippen LogP contribution in [0.4, 0.5) is 0 Å². The third-order valence-electron chi connectivity index (χ3n) is 1.83. The van der Waals surface area contributed by atoms with Crippen molar-refractivity contribution in [3.8, 4) is 0 Å². The molecule has 0 fully saturated rings. The van der Waals surface area contributed by atoms with Crippen LogP contribution in [0.5, 0.6) is 0 Å².